The van der Waals surface area contributed by atoms with E-state index >= 15 is 0 Å². The van der Waals surface area contributed by atoms with Gasteiger partial charge in [0.1, 0.15) is 5.82 Å². The van der Waals surface area contributed by atoms with E-state index in [0.717, 1.165) is 35.1 Å². The van der Waals surface area contributed by atoms with E-state index < -0.39 is 0 Å². The molecule has 2 aromatic heterocycles. The molecule has 1 N–H and O–H groups in total. The first-order chi connectivity index (χ1) is 14.5. The van der Waals surface area contributed by atoms with E-state index in [2.05, 4.69) is 20.3 Å². The molecule has 3 heterocycles. The predicted molar refractivity (Wildman–Crippen MR) is 122 cm³/mol. The lowest BCUT2D eigenvalue weighted by Gasteiger charge is -2.28. The normalized spacial score (nSPS) is 14.3. The summed E-state index contributed by atoms with van der Waals surface area (Å²) in [5, 5.41) is 9.92. The second kappa shape index (κ2) is 9.41. The summed E-state index contributed by atoms with van der Waals surface area (Å²) in [6, 6.07) is 4.78. The molecule has 0 bridgehead atoms. The maximum Gasteiger partial charge on any atom is 0.251 e. The number of nitrogens with zero attached hydrogens (tertiary/aromatic N) is 5. The maximum absolute atomic E-state index is 12.4. The molecular weight excluding hydrogens is 443 g/mol. The third-order valence-corrected chi connectivity index (χ3v) is 6.01. The van der Waals surface area contributed by atoms with Crippen molar-refractivity contribution in [3.05, 3.63) is 40.0 Å². The molecular formula is C20H22Cl2N6OS. The van der Waals surface area contributed by atoms with Crippen LogP contribution in [0.5, 0.6) is 0 Å². The first-order valence-electron chi connectivity index (χ1n) is 9.82. The Hall–Kier alpha value is -2.03. The van der Waals surface area contributed by atoms with Gasteiger partial charge in [0.25, 0.3) is 5.91 Å². The second-order valence-corrected chi connectivity index (χ2v) is 8.75. The van der Waals surface area contributed by atoms with Crippen molar-refractivity contribution >= 4 is 57.7 Å². The Morgan fingerprint density at radius 1 is 1.13 bits per heavy atom. The largest absolute Gasteiger partial charge is 0.356 e. The zero-order valence-electron chi connectivity index (χ0n) is 16.6. The minimum atomic E-state index is -0.232. The van der Waals surface area contributed by atoms with E-state index in [1.54, 1.807) is 18.2 Å². The summed E-state index contributed by atoms with van der Waals surface area (Å²) in [7, 11) is 0. The van der Waals surface area contributed by atoms with E-state index in [1.807, 2.05) is 17.1 Å². The summed E-state index contributed by atoms with van der Waals surface area (Å²) in [5.41, 5.74) is 1.21. The third kappa shape index (κ3) is 4.66. The molecule has 10 heteroatoms. The number of aromatic nitrogens is 4. The molecule has 1 amide bonds. The lowest BCUT2D eigenvalue weighted by atomic mass is 10.1. The molecule has 0 saturated carbocycles. The highest BCUT2D eigenvalue weighted by Crippen LogP contribution is 2.28. The number of piperidine rings is 1. The van der Waals surface area contributed by atoms with E-state index in [-0.39, 0.29) is 5.91 Å². The standard InChI is InChI=1S/C20H22Cl2N6OS/c1-30-20-25-17(27-6-3-2-4-7-27)16-12-24-28(18(16)26-20)8-5-23-19(29)13-9-14(21)11-15(22)10-13/h9-12H,2-8H2,1H3,(H,23,29). The van der Waals surface area contributed by atoms with Crippen molar-refractivity contribution in [2.45, 2.75) is 31.0 Å². The number of thioether (sulfide) groups is 1. The Morgan fingerprint density at radius 3 is 2.57 bits per heavy atom. The van der Waals surface area contributed by atoms with Crippen LogP contribution in [0.1, 0.15) is 29.6 Å². The van der Waals surface area contributed by atoms with Gasteiger partial charge in [0.05, 0.1) is 18.1 Å². The topological polar surface area (TPSA) is 75.9 Å². The highest BCUT2D eigenvalue weighted by molar-refractivity contribution is 7.98. The summed E-state index contributed by atoms with van der Waals surface area (Å²) in [6.07, 6.45) is 7.40. The molecule has 4 rings (SSSR count). The molecule has 0 aliphatic carbocycles. The van der Waals surface area contributed by atoms with Crippen molar-refractivity contribution in [3.8, 4) is 0 Å². The molecule has 0 atom stereocenters. The van der Waals surface area contributed by atoms with Gasteiger partial charge in [-0.05, 0) is 43.7 Å². The number of halogens is 2. The predicted octanol–water partition coefficient (Wildman–Crippen LogP) is 4.28. The number of carbonyl (C=O) groups excluding carboxylic acids is 1. The monoisotopic (exact) mass is 464 g/mol. The lowest BCUT2D eigenvalue weighted by Crippen LogP contribution is -2.30. The van der Waals surface area contributed by atoms with Crippen LogP contribution in [-0.2, 0) is 6.54 Å². The van der Waals surface area contributed by atoms with Gasteiger partial charge in [0.15, 0.2) is 10.8 Å². The first-order valence-corrected chi connectivity index (χ1v) is 11.8. The zero-order chi connectivity index (χ0) is 21.1. The molecule has 0 spiro atoms. The fraction of sp³-hybridized carbons (Fsp3) is 0.400. The summed E-state index contributed by atoms with van der Waals surface area (Å²) < 4.78 is 1.81. The summed E-state index contributed by atoms with van der Waals surface area (Å²) in [6.45, 7) is 2.90. The molecule has 1 saturated heterocycles. The number of carbonyl (C=O) groups is 1. The van der Waals surface area contributed by atoms with Gasteiger partial charge in [-0.15, -0.1) is 0 Å². The van der Waals surface area contributed by atoms with Crippen molar-refractivity contribution in [1.29, 1.82) is 0 Å². The first kappa shape index (κ1) is 21.2. The molecule has 0 unspecified atom stereocenters. The minimum Gasteiger partial charge on any atom is -0.356 e. The van der Waals surface area contributed by atoms with Crippen LogP contribution in [0.25, 0.3) is 11.0 Å². The van der Waals surface area contributed by atoms with Gasteiger partial charge in [-0.1, -0.05) is 35.0 Å². The Balaban J connectivity index is 1.51. The average Bonchev–Trinajstić information content (AvgIpc) is 3.15. The van der Waals surface area contributed by atoms with Crippen LogP contribution < -0.4 is 10.2 Å². The maximum atomic E-state index is 12.4. The molecule has 1 aromatic carbocycles. The molecule has 1 aliphatic heterocycles. The Morgan fingerprint density at radius 2 is 1.87 bits per heavy atom. The number of anilines is 1. The van der Waals surface area contributed by atoms with Crippen molar-refractivity contribution in [2.24, 2.45) is 0 Å². The Bertz CT molecular complexity index is 1050. The number of amides is 1. The van der Waals surface area contributed by atoms with Crippen LogP contribution in [0.3, 0.4) is 0 Å². The van der Waals surface area contributed by atoms with Gasteiger partial charge >= 0.3 is 0 Å². The van der Waals surface area contributed by atoms with Crippen LogP contribution in [-0.4, -0.2) is 51.5 Å². The van der Waals surface area contributed by atoms with E-state index in [4.69, 9.17) is 28.2 Å². The van der Waals surface area contributed by atoms with Gasteiger partial charge in [0, 0.05) is 35.2 Å². The Labute approximate surface area is 189 Å². The smallest absolute Gasteiger partial charge is 0.251 e. The van der Waals surface area contributed by atoms with Crippen LogP contribution in [0.2, 0.25) is 10.0 Å². The molecule has 7 nitrogen and oxygen atoms in total. The van der Waals surface area contributed by atoms with Crippen molar-refractivity contribution in [1.82, 2.24) is 25.1 Å². The van der Waals surface area contributed by atoms with Crippen LogP contribution in [0.4, 0.5) is 5.82 Å². The van der Waals surface area contributed by atoms with Crippen LogP contribution in [0, 0.1) is 0 Å². The van der Waals surface area contributed by atoms with Crippen LogP contribution >= 0.6 is 35.0 Å². The molecule has 3 aromatic rings. The van der Waals surface area contributed by atoms with Crippen molar-refractivity contribution in [2.75, 3.05) is 30.8 Å². The number of benzene rings is 1. The molecule has 158 valence electrons. The number of hydrogen-bond acceptors (Lipinski definition) is 6. The number of nitrogens with one attached hydrogen (secondary N) is 1. The molecule has 0 radical (unpaired) electrons. The lowest BCUT2D eigenvalue weighted by molar-refractivity contribution is 0.0952. The molecule has 30 heavy (non-hydrogen) atoms. The van der Waals surface area contributed by atoms with E-state index in [0.29, 0.717) is 28.7 Å². The second-order valence-electron chi connectivity index (χ2n) is 7.10. The van der Waals surface area contributed by atoms with Gasteiger partial charge in [-0.3, -0.25) is 4.79 Å². The van der Waals surface area contributed by atoms with Gasteiger partial charge in [-0.2, -0.15) is 5.10 Å². The van der Waals surface area contributed by atoms with E-state index in [9.17, 15) is 4.79 Å². The fourth-order valence-corrected chi connectivity index (χ4v) is 4.47. The SMILES string of the molecule is CSc1nc(N2CCCCC2)c2cnn(CCNC(=O)c3cc(Cl)cc(Cl)c3)c2n1. The van der Waals surface area contributed by atoms with Crippen molar-refractivity contribution < 1.29 is 4.79 Å². The summed E-state index contributed by atoms with van der Waals surface area (Å²) in [5.74, 6) is 0.720. The number of hydrogen-bond donors (Lipinski definition) is 1. The zero-order valence-corrected chi connectivity index (χ0v) is 18.9. The van der Waals surface area contributed by atoms with Crippen molar-refractivity contribution in [3.63, 3.8) is 0 Å². The molecule has 1 fully saturated rings. The van der Waals surface area contributed by atoms with Gasteiger partial charge in [0.2, 0.25) is 0 Å². The number of fused-ring (bicyclic) bond motifs is 1. The molecule has 1 aliphatic rings. The minimum absolute atomic E-state index is 0.232. The quantitative estimate of drug-likeness (QED) is 0.433. The number of rotatable bonds is 6. The highest BCUT2D eigenvalue weighted by atomic mass is 35.5. The third-order valence-electron chi connectivity index (χ3n) is 5.03. The average molecular weight is 465 g/mol. The highest BCUT2D eigenvalue weighted by Gasteiger charge is 2.19. The van der Waals surface area contributed by atoms with E-state index in [1.165, 1.54) is 31.0 Å². The Kier molecular flexibility index (Phi) is 6.65. The van der Waals surface area contributed by atoms with Gasteiger partial charge < -0.3 is 10.2 Å². The fourth-order valence-electron chi connectivity index (χ4n) is 3.58. The van der Waals surface area contributed by atoms with Crippen LogP contribution in [0.15, 0.2) is 29.6 Å². The summed E-state index contributed by atoms with van der Waals surface area (Å²) in [4.78, 5) is 24.1. The summed E-state index contributed by atoms with van der Waals surface area (Å²) >= 11 is 13.5. The van der Waals surface area contributed by atoms with Gasteiger partial charge in [-0.25, -0.2) is 14.6 Å².